The quantitative estimate of drug-likeness (QED) is 0.736. The molecule has 0 radical (unpaired) electrons. The van der Waals surface area contributed by atoms with Gasteiger partial charge in [-0.3, -0.25) is 9.69 Å². The topological polar surface area (TPSA) is 69.3 Å². The van der Waals surface area contributed by atoms with E-state index in [1.165, 1.54) is 0 Å². The Morgan fingerprint density at radius 2 is 1.59 bits per heavy atom. The molecule has 0 aromatic heterocycles. The van der Waals surface area contributed by atoms with Crippen LogP contribution in [0.5, 0.6) is 23.0 Å². The summed E-state index contributed by atoms with van der Waals surface area (Å²) in [4.78, 5) is 14.5. The van der Waals surface area contributed by atoms with Gasteiger partial charge in [-0.2, -0.15) is 0 Å². The molecule has 29 heavy (non-hydrogen) atoms. The summed E-state index contributed by atoms with van der Waals surface area (Å²) in [5.74, 6) is 3.12. The largest absolute Gasteiger partial charge is 0.486 e. The molecule has 4 rings (SSSR count). The van der Waals surface area contributed by atoms with Gasteiger partial charge in [0.05, 0.1) is 6.54 Å². The highest BCUT2D eigenvalue weighted by Gasteiger charge is 2.16. The second-order valence-electron chi connectivity index (χ2n) is 7.07. The van der Waals surface area contributed by atoms with Crippen molar-refractivity contribution in [2.45, 2.75) is 19.9 Å². The maximum Gasteiger partial charge on any atom is 0.234 e. The highest BCUT2D eigenvalue weighted by molar-refractivity contribution is 5.78. The summed E-state index contributed by atoms with van der Waals surface area (Å²) in [6, 6.07) is 11.8. The van der Waals surface area contributed by atoms with Crippen LogP contribution in [-0.2, 0) is 17.8 Å². The van der Waals surface area contributed by atoms with Crippen LogP contribution in [0, 0.1) is 0 Å². The van der Waals surface area contributed by atoms with Crippen LogP contribution in [0.2, 0.25) is 0 Å². The number of likely N-dealkylation sites (N-methyl/N-ethyl adjacent to an activating group) is 1. The highest BCUT2D eigenvalue weighted by Crippen LogP contribution is 2.33. The van der Waals surface area contributed by atoms with E-state index in [4.69, 9.17) is 18.9 Å². The van der Waals surface area contributed by atoms with Crippen LogP contribution >= 0.6 is 0 Å². The molecule has 1 amide bonds. The van der Waals surface area contributed by atoms with Gasteiger partial charge in [-0.1, -0.05) is 19.1 Å². The van der Waals surface area contributed by atoms with E-state index in [9.17, 15) is 4.79 Å². The maximum absolute atomic E-state index is 12.4. The summed E-state index contributed by atoms with van der Waals surface area (Å²) in [5, 5.41) is 3.01. The van der Waals surface area contributed by atoms with E-state index in [1.807, 2.05) is 36.4 Å². The predicted molar refractivity (Wildman–Crippen MR) is 108 cm³/mol. The standard InChI is InChI=1S/C22H26N2O5/c1-2-24(13-17-4-6-19-21(12-17)29-15-28-19)14-22(25)23-8-7-16-3-5-18-20(11-16)27-10-9-26-18/h3-6,11-12H,2,7-10,13-15H2,1H3,(H,23,25). The van der Waals surface area contributed by atoms with Crippen LogP contribution in [0.4, 0.5) is 0 Å². The molecule has 2 aromatic carbocycles. The molecule has 2 aliphatic heterocycles. The van der Waals surface area contributed by atoms with Gasteiger partial charge in [0.1, 0.15) is 13.2 Å². The van der Waals surface area contributed by atoms with Crippen molar-refractivity contribution < 1.29 is 23.7 Å². The summed E-state index contributed by atoms with van der Waals surface area (Å²) < 4.78 is 21.9. The van der Waals surface area contributed by atoms with Crippen LogP contribution in [-0.4, -0.2) is 50.4 Å². The Labute approximate surface area is 170 Å². The molecule has 0 aliphatic carbocycles. The normalized spacial score (nSPS) is 14.1. The first-order valence-electron chi connectivity index (χ1n) is 9.97. The van der Waals surface area contributed by atoms with Gasteiger partial charge in [0.2, 0.25) is 12.7 Å². The van der Waals surface area contributed by atoms with E-state index in [-0.39, 0.29) is 12.7 Å². The second-order valence-corrected chi connectivity index (χ2v) is 7.07. The molecule has 2 heterocycles. The molecule has 7 heteroatoms. The minimum absolute atomic E-state index is 0.0186. The lowest BCUT2D eigenvalue weighted by Crippen LogP contribution is -2.37. The van der Waals surface area contributed by atoms with Gasteiger partial charge in [0.25, 0.3) is 0 Å². The lowest BCUT2D eigenvalue weighted by Gasteiger charge is -2.20. The summed E-state index contributed by atoms with van der Waals surface area (Å²) in [6.45, 7) is 5.88. The first-order chi connectivity index (χ1) is 14.2. The fourth-order valence-electron chi connectivity index (χ4n) is 3.43. The van der Waals surface area contributed by atoms with E-state index >= 15 is 0 Å². The molecular weight excluding hydrogens is 372 g/mol. The Morgan fingerprint density at radius 1 is 0.931 bits per heavy atom. The van der Waals surface area contributed by atoms with E-state index in [0.29, 0.717) is 32.8 Å². The van der Waals surface area contributed by atoms with E-state index in [2.05, 4.69) is 17.1 Å². The average molecular weight is 398 g/mol. The minimum Gasteiger partial charge on any atom is -0.486 e. The van der Waals surface area contributed by atoms with Crippen molar-refractivity contribution >= 4 is 5.91 Å². The second kappa shape index (κ2) is 9.05. The van der Waals surface area contributed by atoms with Crippen molar-refractivity contribution in [2.24, 2.45) is 0 Å². The third-order valence-corrected chi connectivity index (χ3v) is 5.00. The summed E-state index contributed by atoms with van der Waals surface area (Å²) in [6.07, 6.45) is 0.747. The number of carbonyl (C=O) groups excluding carboxylic acids is 1. The number of benzene rings is 2. The van der Waals surface area contributed by atoms with Gasteiger partial charge in [0, 0.05) is 13.1 Å². The summed E-state index contributed by atoms with van der Waals surface area (Å²) >= 11 is 0. The van der Waals surface area contributed by atoms with Crippen molar-refractivity contribution in [3.8, 4) is 23.0 Å². The third-order valence-electron chi connectivity index (χ3n) is 5.00. The summed E-state index contributed by atoms with van der Waals surface area (Å²) in [7, 11) is 0. The Hall–Kier alpha value is -2.93. The van der Waals surface area contributed by atoms with E-state index in [1.54, 1.807) is 0 Å². The van der Waals surface area contributed by atoms with Crippen LogP contribution in [0.25, 0.3) is 0 Å². The molecule has 0 unspecified atom stereocenters. The molecule has 0 atom stereocenters. The van der Waals surface area contributed by atoms with Crippen LogP contribution in [0.15, 0.2) is 36.4 Å². The summed E-state index contributed by atoms with van der Waals surface area (Å²) in [5.41, 5.74) is 2.21. The number of fused-ring (bicyclic) bond motifs is 2. The van der Waals surface area contributed by atoms with Crippen LogP contribution in [0.3, 0.4) is 0 Å². The SMILES string of the molecule is CCN(CC(=O)NCCc1ccc2c(c1)OCCO2)Cc1ccc2c(c1)OCO2. The number of hydrogen-bond acceptors (Lipinski definition) is 6. The lowest BCUT2D eigenvalue weighted by molar-refractivity contribution is -0.122. The molecule has 154 valence electrons. The van der Waals surface area contributed by atoms with Crippen molar-refractivity contribution in [3.63, 3.8) is 0 Å². The predicted octanol–water partition coefficient (Wildman–Crippen LogP) is 2.37. The Bertz CT molecular complexity index is 870. The molecule has 2 aliphatic rings. The van der Waals surface area contributed by atoms with Crippen molar-refractivity contribution in [3.05, 3.63) is 47.5 Å². The fourth-order valence-corrected chi connectivity index (χ4v) is 3.43. The number of amides is 1. The lowest BCUT2D eigenvalue weighted by atomic mass is 10.1. The molecule has 0 saturated carbocycles. The Kier molecular flexibility index (Phi) is 6.05. The van der Waals surface area contributed by atoms with E-state index in [0.717, 1.165) is 47.1 Å². The molecule has 1 N–H and O–H groups in total. The molecule has 0 bridgehead atoms. The number of rotatable bonds is 8. The average Bonchev–Trinajstić information content (AvgIpc) is 3.21. The van der Waals surface area contributed by atoms with Gasteiger partial charge in [-0.15, -0.1) is 0 Å². The molecule has 0 spiro atoms. The maximum atomic E-state index is 12.4. The van der Waals surface area contributed by atoms with Gasteiger partial charge < -0.3 is 24.3 Å². The Balaban J connectivity index is 1.24. The highest BCUT2D eigenvalue weighted by atomic mass is 16.7. The number of nitrogens with one attached hydrogen (secondary N) is 1. The first-order valence-corrected chi connectivity index (χ1v) is 9.97. The van der Waals surface area contributed by atoms with Crippen LogP contribution < -0.4 is 24.3 Å². The van der Waals surface area contributed by atoms with Gasteiger partial charge in [-0.25, -0.2) is 0 Å². The number of hydrogen-bond donors (Lipinski definition) is 1. The minimum atomic E-state index is 0.0186. The number of carbonyl (C=O) groups is 1. The molecule has 0 fully saturated rings. The van der Waals surface area contributed by atoms with Gasteiger partial charge in [-0.05, 0) is 48.4 Å². The number of nitrogens with zero attached hydrogens (tertiary/aromatic N) is 1. The molecule has 7 nitrogen and oxygen atoms in total. The molecule has 0 saturated heterocycles. The zero-order valence-electron chi connectivity index (χ0n) is 16.6. The zero-order valence-corrected chi connectivity index (χ0v) is 16.6. The van der Waals surface area contributed by atoms with Crippen LogP contribution in [0.1, 0.15) is 18.1 Å². The zero-order chi connectivity index (χ0) is 20.1. The molecule has 2 aromatic rings. The fraction of sp³-hybridized carbons (Fsp3) is 0.409. The number of ether oxygens (including phenoxy) is 4. The Morgan fingerprint density at radius 3 is 2.41 bits per heavy atom. The van der Waals surface area contributed by atoms with Gasteiger partial charge in [0.15, 0.2) is 23.0 Å². The molecular formula is C22H26N2O5. The smallest absolute Gasteiger partial charge is 0.234 e. The van der Waals surface area contributed by atoms with Crippen molar-refractivity contribution in [1.29, 1.82) is 0 Å². The van der Waals surface area contributed by atoms with Gasteiger partial charge >= 0.3 is 0 Å². The van der Waals surface area contributed by atoms with Crippen molar-refractivity contribution in [2.75, 3.05) is 39.6 Å². The first kappa shape index (κ1) is 19.4. The van der Waals surface area contributed by atoms with Crippen molar-refractivity contribution in [1.82, 2.24) is 10.2 Å². The van der Waals surface area contributed by atoms with E-state index < -0.39 is 0 Å². The third kappa shape index (κ3) is 4.92. The monoisotopic (exact) mass is 398 g/mol.